The summed E-state index contributed by atoms with van der Waals surface area (Å²) >= 11 is 0. The van der Waals surface area contributed by atoms with Gasteiger partial charge in [0.25, 0.3) is 5.69 Å². The molecule has 0 heterocycles. The Hall–Kier alpha value is -3.62. The molecule has 0 saturated heterocycles. The minimum Gasteiger partial charge on any atom is -0.478 e. The van der Waals surface area contributed by atoms with Crippen molar-refractivity contribution < 1.29 is 24.4 Å². The van der Waals surface area contributed by atoms with Crippen LogP contribution in [0.25, 0.3) is 0 Å². The van der Waals surface area contributed by atoms with E-state index >= 15 is 0 Å². The van der Waals surface area contributed by atoms with Gasteiger partial charge < -0.3 is 15.6 Å². The van der Waals surface area contributed by atoms with E-state index in [0.717, 1.165) is 4.90 Å². The number of carboxylic acids is 1. The van der Waals surface area contributed by atoms with Crippen LogP contribution in [0.5, 0.6) is 5.75 Å². The van der Waals surface area contributed by atoms with Crippen molar-refractivity contribution in [1.82, 2.24) is 0 Å². The number of rotatable bonds is 6. The summed E-state index contributed by atoms with van der Waals surface area (Å²) < 4.78 is 5.40. The number of amides is 2. The molecule has 3 N–H and O–H groups in total. The van der Waals surface area contributed by atoms with Gasteiger partial charge in [0.05, 0.1) is 16.3 Å². The molecule has 136 valence electrons. The lowest BCUT2D eigenvalue weighted by Gasteiger charge is -2.23. The maximum absolute atomic E-state index is 11.8. The Morgan fingerprint density at radius 2 is 1.54 bits per heavy atom. The van der Waals surface area contributed by atoms with Gasteiger partial charge in [-0.15, -0.1) is 0 Å². The molecule has 0 spiro atoms. The lowest BCUT2D eigenvalue weighted by atomic mass is 10.1. The molecule has 0 aliphatic carbocycles. The Labute approximate surface area is 148 Å². The van der Waals surface area contributed by atoms with Crippen LogP contribution < -0.4 is 15.4 Å². The Morgan fingerprint density at radius 3 is 1.92 bits per heavy atom. The zero-order chi connectivity index (χ0) is 19.5. The second-order valence-corrected chi connectivity index (χ2v) is 5.86. The first-order valence-corrected chi connectivity index (χ1v) is 7.48. The number of nitrogens with two attached hydrogens (primary N) is 1. The number of hydrogen-bond acceptors (Lipinski definition) is 5. The predicted octanol–water partition coefficient (Wildman–Crippen LogP) is 3.05. The number of aliphatic carboxylic acids is 1. The van der Waals surface area contributed by atoms with E-state index in [1.54, 1.807) is 0 Å². The SMILES string of the molecule is CC(C)(Oc1ccc(N(C(N)=O)c2ccc([N+](=O)[O-])cc2)cc1)C(=O)O. The smallest absolute Gasteiger partial charge is 0.347 e. The monoisotopic (exact) mass is 359 g/mol. The summed E-state index contributed by atoms with van der Waals surface area (Å²) in [5, 5.41) is 19.8. The van der Waals surface area contributed by atoms with E-state index in [-0.39, 0.29) is 5.69 Å². The molecule has 0 aliphatic rings. The third kappa shape index (κ3) is 4.07. The highest BCUT2D eigenvalue weighted by molar-refractivity contribution is 5.98. The zero-order valence-corrected chi connectivity index (χ0v) is 14.1. The van der Waals surface area contributed by atoms with Crippen LogP contribution in [0.3, 0.4) is 0 Å². The Balaban J connectivity index is 2.29. The van der Waals surface area contributed by atoms with Crippen molar-refractivity contribution in [3.63, 3.8) is 0 Å². The van der Waals surface area contributed by atoms with Gasteiger partial charge in [-0.3, -0.25) is 15.0 Å². The number of non-ortho nitro benzene ring substituents is 1. The summed E-state index contributed by atoms with van der Waals surface area (Å²) in [6.07, 6.45) is 0. The summed E-state index contributed by atoms with van der Waals surface area (Å²) in [4.78, 5) is 34.3. The molecule has 0 aromatic heterocycles. The number of urea groups is 1. The van der Waals surface area contributed by atoms with Crippen molar-refractivity contribution >= 4 is 29.1 Å². The van der Waals surface area contributed by atoms with Crippen molar-refractivity contribution in [2.75, 3.05) is 4.90 Å². The fourth-order valence-corrected chi connectivity index (χ4v) is 2.13. The number of carbonyl (C=O) groups excluding carboxylic acids is 1. The number of carboxylic acid groups (broad SMARTS) is 1. The Kier molecular flexibility index (Phi) is 5.11. The molecule has 2 aromatic carbocycles. The summed E-state index contributed by atoms with van der Waals surface area (Å²) in [6, 6.07) is 10.6. The van der Waals surface area contributed by atoms with Gasteiger partial charge in [0, 0.05) is 12.1 Å². The largest absolute Gasteiger partial charge is 0.478 e. The third-order valence-corrected chi connectivity index (χ3v) is 3.52. The van der Waals surface area contributed by atoms with Crippen molar-refractivity contribution in [2.45, 2.75) is 19.4 Å². The van der Waals surface area contributed by atoms with E-state index in [4.69, 9.17) is 15.6 Å². The first-order chi connectivity index (χ1) is 12.1. The molecule has 0 unspecified atom stereocenters. The Morgan fingerprint density at radius 1 is 1.08 bits per heavy atom. The number of anilines is 2. The predicted molar refractivity (Wildman–Crippen MR) is 93.6 cm³/mol. The van der Waals surface area contributed by atoms with Crippen molar-refractivity contribution in [2.24, 2.45) is 5.73 Å². The molecule has 9 nitrogen and oxygen atoms in total. The van der Waals surface area contributed by atoms with Gasteiger partial charge in [0.15, 0.2) is 5.60 Å². The molecule has 0 bridgehead atoms. The second-order valence-electron chi connectivity index (χ2n) is 5.86. The molecule has 0 aliphatic heterocycles. The molecule has 2 rings (SSSR count). The average molecular weight is 359 g/mol. The molecular weight excluding hydrogens is 342 g/mol. The van der Waals surface area contributed by atoms with Crippen molar-refractivity contribution in [3.05, 3.63) is 58.6 Å². The number of benzene rings is 2. The number of primary amides is 1. The van der Waals surface area contributed by atoms with E-state index in [1.807, 2.05) is 0 Å². The quantitative estimate of drug-likeness (QED) is 0.601. The fraction of sp³-hybridized carbons (Fsp3) is 0.176. The third-order valence-electron chi connectivity index (χ3n) is 3.52. The number of nitro groups is 1. The first kappa shape index (κ1) is 18.7. The zero-order valence-electron chi connectivity index (χ0n) is 14.1. The van der Waals surface area contributed by atoms with Crippen LogP contribution in [0.1, 0.15) is 13.8 Å². The number of nitro benzene ring substituents is 1. The van der Waals surface area contributed by atoms with Gasteiger partial charge in [-0.05, 0) is 50.2 Å². The molecule has 0 atom stereocenters. The maximum Gasteiger partial charge on any atom is 0.347 e. The second kappa shape index (κ2) is 7.09. The van der Waals surface area contributed by atoms with Crippen LogP contribution in [-0.2, 0) is 4.79 Å². The van der Waals surface area contributed by atoms with Gasteiger partial charge in [-0.1, -0.05) is 0 Å². The average Bonchev–Trinajstić information content (AvgIpc) is 2.56. The summed E-state index contributed by atoms with van der Waals surface area (Å²) in [6.45, 7) is 2.83. The van der Waals surface area contributed by atoms with Gasteiger partial charge in [-0.2, -0.15) is 0 Å². The molecule has 9 heteroatoms. The van der Waals surface area contributed by atoms with Gasteiger partial charge in [0.1, 0.15) is 5.75 Å². The summed E-state index contributed by atoms with van der Waals surface area (Å²) in [5.74, 6) is -0.819. The van der Waals surface area contributed by atoms with E-state index in [9.17, 15) is 19.7 Å². The van der Waals surface area contributed by atoms with Crippen LogP contribution in [0, 0.1) is 10.1 Å². The van der Waals surface area contributed by atoms with Crippen molar-refractivity contribution in [3.8, 4) is 5.75 Å². The van der Waals surface area contributed by atoms with E-state index in [1.165, 1.54) is 62.4 Å². The van der Waals surface area contributed by atoms with Crippen LogP contribution in [0.4, 0.5) is 21.9 Å². The van der Waals surface area contributed by atoms with E-state index in [0.29, 0.717) is 17.1 Å². The Bertz CT molecular complexity index is 831. The molecule has 0 saturated carbocycles. The molecule has 0 fully saturated rings. The van der Waals surface area contributed by atoms with E-state index in [2.05, 4.69) is 0 Å². The molecule has 2 aromatic rings. The number of carbonyl (C=O) groups is 2. The van der Waals surface area contributed by atoms with Crippen molar-refractivity contribution in [1.29, 1.82) is 0 Å². The lowest BCUT2D eigenvalue weighted by molar-refractivity contribution is -0.384. The molecule has 26 heavy (non-hydrogen) atoms. The highest BCUT2D eigenvalue weighted by atomic mass is 16.6. The van der Waals surface area contributed by atoms with Crippen LogP contribution in [-0.4, -0.2) is 27.6 Å². The first-order valence-electron chi connectivity index (χ1n) is 7.48. The fourth-order valence-electron chi connectivity index (χ4n) is 2.13. The normalized spacial score (nSPS) is 10.8. The van der Waals surface area contributed by atoms with Gasteiger partial charge in [-0.25, -0.2) is 9.59 Å². The minimum absolute atomic E-state index is 0.113. The minimum atomic E-state index is -1.41. The highest BCUT2D eigenvalue weighted by Gasteiger charge is 2.29. The number of nitrogens with zero attached hydrogens (tertiary/aromatic N) is 2. The van der Waals surface area contributed by atoms with Crippen LogP contribution in [0.2, 0.25) is 0 Å². The van der Waals surface area contributed by atoms with Crippen LogP contribution in [0.15, 0.2) is 48.5 Å². The molecule has 2 amide bonds. The topological polar surface area (TPSA) is 136 Å². The van der Waals surface area contributed by atoms with Gasteiger partial charge in [0.2, 0.25) is 0 Å². The number of ether oxygens (including phenoxy) is 1. The maximum atomic E-state index is 11.8. The lowest BCUT2D eigenvalue weighted by Crippen LogP contribution is -2.37. The standard InChI is InChI=1S/C17H17N3O6/c1-17(2,15(21)22)26-14-9-7-12(8-10-14)19(16(18)23)11-3-5-13(6-4-11)20(24)25/h3-10H,1-2H3,(H2,18,23)(H,21,22). The van der Waals surface area contributed by atoms with E-state index < -0.39 is 22.5 Å². The van der Waals surface area contributed by atoms with Crippen LogP contribution >= 0.6 is 0 Å². The van der Waals surface area contributed by atoms with Gasteiger partial charge >= 0.3 is 12.0 Å². The highest BCUT2D eigenvalue weighted by Crippen LogP contribution is 2.29. The number of hydrogen-bond donors (Lipinski definition) is 2. The molecular formula is C17H17N3O6. The molecule has 0 radical (unpaired) electrons. The summed E-state index contributed by atoms with van der Waals surface area (Å²) in [7, 11) is 0. The summed E-state index contributed by atoms with van der Waals surface area (Å²) in [5.41, 5.74) is 4.64.